The fraction of sp³-hybridized carbons (Fsp3) is 0.364. The smallest absolute Gasteiger partial charge is 0.283 e. The zero-order valence-electron chi connectivity index (χ0n) is 15.9. The van der Waals surface area contributed by atoms with E-state index in [9.17, 15) is 4.79 Å². The molecule has 2 aromatic carbocycles. The molecule has 2 aliphatic rings. The molecule has 29 heavy (non-hydrogen) atoms. The average molecular weight is 453 g/mol. The van der Waals surface area contributed by atoms with Crippen LogP contribution in [-0.2, 0) is 4.74 Å². The summed E-state index contributed by atoms with van der Waals surface area (Å²) in [6.07, 6.45) is 2.31. The average Bonchev–Trinajstić information content (AvgIpc) is 3.01. The lowest BCUT2D eigenvalue weighted by molar-refractivity contribution is -0.0201. The van der Waals surface area contributed by atoms with Crippen molar-refractivity contribution in [1.82, 2.24) is 19.3 Å². The van der Waals surface area contributed by atoms with Crippen molar-refractivity contribution in [2.75, 3.05) is 26.3 Å². The summed E-state index contributed by atoms with van der Waals surface area (Å²) in [5.41, 5.74) is 4.27. The van der Waals surface area contributed by atoms with E-state index in [1.165, 1.54) is 5.56 Å². The van der Waals surface area contributed by atoms with Crippen LogP contribution in [0.15, 0.2) is 45.7 Å². The van der Waals surface area contributed by atoms with Gasteiger partial charge in [0.1, 0.15) is 0 Å². The number of nitrogens with one attached hydrogen (secondary N) is 1. The fourth-order valence-corrected chi connectivity index (χ4v) is 5.31. The summed E-state index contributed by atoms with van der Waals surface area (Å²) in [6, 6.07) is 12.8. The molecule has 0 atom stereocenters. The van der Waals surface area contributed by atoms with Crippen LogP contribution in [0.25, 0.3) is 27.7 Å². The molecule has 0 spiro atoms. The Balaban J connectivity index is 1.71. The lowest BCUT2D eigenvalue weighted by atomic mass is 9.90. The van der Waals surface area contributed by atoms with Crippen LogP contribution in [0.2, 0.25) is 0 Å². The van der Waals surface area contributed by atoms with E-state index in [1.807, 2.05) is 18.2 Å². The minimum atomic E-state index is -0.199. The predicted molar refractivity (Wildman–Crippen MR) is 117 cm³/mol. The largest absolute Gasteiger partial charge is 0.377 e. The molecule has 4 aromatic rings. The molecule has 0 radical (unpaired) electrons. The summed E-state index contributed by atoms with van der Waals surface area (Å²) in [4.78, 5) is 17.4. The van der Waals surface area contributed by atoms with E-state index in [0.717, 1.165) is 47.0 Å². The van der Waals surface area contributed by atoms with Crippen LogP contribution in [0, 0.1) is 0 Å². The van der Waals surface area contributed by atoms with E-state index in [1.54, 1.807) is 0 Å². The van der Waals surface area contributed by atoms with Crippen LogP contribution in [0.5, 0.6) is 0 Å². The van der Waals surface area contributed by atoms with E-state index in [4.69, 9.17) is 4.74 Å². The second-order valence-corrected chi connectivity index (χ2v) is 8.87. The van der Waals surface area contributed by atoms with Crippen molar-refractivity contribution in [1.29, 1.82) is 0 Å². The number of hydrogen-bond donors (Lipinski definition) is 1. The molecule has 2 fully saturated rings. The highest BCUT2D eigenvalue weighted by atomic mass is 79.9. The van der Waals surface area contributed by atoms with Gasteiger partial charge >= 0.3 is 0 Å². The molecule has 7 heteroatoms. The molecule has 2 aliphatic heterocycles. The van der Waals surface area contributed by atoms with E-state index >= 15 is 0 Å². The first kappa shape index (κ1) is 17.6. The SMILES string of the molecule is O=c1nc2n(C3COC3)c3cc(C4CCNCC4)ccc3n2c2cccc(Br)c12. The van der Waals surface area contributed by atoms with Gasteiger partial charge in [-0.25, -0.2) is 0 Å². The Morgan fingerprint density at radius 2 is 1.90 bits per heavy atom. The van der Waals surface area contributed by atoms with E-state index in [0.29, 0.717) is 30.3 Å². The van der Waals surface area contributed by atoms with Crippen molar-refractivity contribution in [3.63, 3.8) is 0 Å². The Labute approximate surface area is 175 Å². The van der Waals surface area contributed by atoms with Gasteiger partial charge in [0, 0.05) is 4.47 Å². The summed E-state index contributed by atoms with van der Waals surface area (Å²) in [6.45, 7) is 3.44. The number of ether oxygens (including phenoxy) is 1. The Bertz CT molecular complexity index is 1320. The summed E-state index contributed by atoms with van der Waals surface area (Å²) < 4.78 is 10.6. The third-order valence-corrected chi connectivity index (χ3v) is 7.02. The van der Waals surface area contributed by atoms with Crippen LogP contribution in [-0.4, -0.2) is 40.3 Å². The highest BCUT2D eigenvalue weighted by molar-refractivity contribution is 9.10. The van der Waals surface area contributed by atoms with Gasteiger partial charge in [0.2, 0.25) is 5.78 Å². The molecular formula is C22H21BrN4O2. The number of fused-ring (bicyclic) bond motifs is 5. The molecule has 0 unspecified atom stereocenters. The minimum Gasteiger partial charge on any atom is -0.377 e. The van der Waals surface area contributed by atoms with Gasteiger partial charge < -0.3 is 14.6 Å². The highest BCUT2D eigenvalue weighted by Gasteiger charge is 2.27. The zero-order chi connectivity index (χ0) is 19.5. The topological polar surface area (TPSA) is 60.6 Å². The minimum absolute atomic E-state index is 0.199. The van der Waals surface area contributed by atoms with Gasteiger partial charge in [-0.2, -0.15) is 4.98 Å². The van der Waals surface area contributed by atoms with E-state index in [-0.39, 0.29) is 11.6 Å². The summed E-state index contributed by atoms with van der Waals surface area (Å²) in [7, 11) is 0. The lowest BCUT2D eigenvalue weighted by Crippen LogP contribution is -2.31. The number of rotatable bonds is 2. The molecule has 0 aliphatic carbocycles. The fourth-order valence-electron chi connectivity index (χ4n) is 4.79. The molecule has 4 heterocycles. The molecule has 0 amide bonds. The van der Waals surface area contributed by atoms with Crippen molar-refractivity contribution >= 4 is 43.6 Å². The lowest BCUT2D eigenvalue weighted by Gasteiger charge is -2.28. The van der Waals surface area contributed by atoms with Crippen molar-refractivity contribution in [3.05, 3.63) is 56.8 Å². The number of halogens is 1. The zero-order valence-corrected chi connectivity index (χ0v) is 17.5. The number of nitrogens with zero attached hydrogens (tertiary/aromatic N) is 3. The third kappa shape index (κ3) is 2.61. The molecular weight excluding hydrogens is 432 g/mol. The standard InChI is InChI=1S/C22H21BrN4O2/c23-16-2-1-3-18-20(16)21(28)25-22-26(15-11-29-12-15)19-10-14(4-5-17(19)27(18)22)13-6-8-24-9-7-13/h1-5,10,13,15,24H,6-9,11-12H2. The van der Waals surface area contributed by atoms with Crippen molar-refractivity contribution < 1.29 is 4.74 Å². The van der Waals surface area contributed by atoms with Crippen molar-refractivity contribution in [2.24, 2.45) is 0 Å². The molecule has 2 saturated heterocycles. The van der Waals surface area contributed by atoms with Gasteiger partial charge in [-0.05, 0) is 77.6 Å². The predicted octanol–water partition coefficient (Wildman–Crippen LogP) is 3.60. The molecule has 2 aromatic heterocycles. The normalized spacial score (nSPS) is 18.7. The number of imidazole rings is 1. The van der Waals surface area contributed by atoms with Gasteiger partial charge in [-0.1, -0.05) is 12.1 Å². The van der Waals surface area contributed by atoms with E-state index in [2.05, 4.69) is 53.4 Å². The second kappa shape index (κ2) is 6.65. The maximum absolute atomic E-state index is 12.9. The molecule has 148 valence electrons. The molecule has 6 rings (SSSR count). The maximum Gasteiger partial charge on any atom is 0.283 e. The maximum atomic E-state index is 12.9. The van der Waals surface area contributed by atoms with Crippen LogP contribution in [0.4, 0.5) is 0 Å². The van der Waals surface area contributed by atoms with Crippen LogP contribution in [0.1, 0.15) is 30.4 Å². The number of aromatic nitrogens is 3. The van der Waals surface area contributed by atoms with Crippen LogP contribution >= 0.6 is 15.9 Å². The molecule has 6 nitrogen and oxygen atoms in total. The van der Waals surface area contributed by atoms with E-state index < -0.39 is 0 Å². The van der Waals surface area contributed by atoms with Gasteiger partial charge in [0.15, 0.2) is 0 Å². The van der Waals surface area contributed by atoms with Crippen molar-refractivity contribution in [3.8, 4) is 0 Å². The van der Waals surface area contributed by atoms with Gasteiger partial charge in [-0.3, -0.25) is 9.20 Å². The Kier molecular flexibility index (Phi) is 4.04. The molecule has 0 bridgehead atoms. The number of hydrogen-bond acceptors (Lipinski definition) is 4. The summed E-state index contributed by atoms with van der Waals surface area (Å²) in [5, 5.41) is 4.07. The first-order valence-electron chi connectivity index (χ1n) is 10.2. The monoisotopic (exact) mass is 452 g/mol. The highest BCUT2D eigenvalue weighted by Crippen LogP contribution is 2.34. The number of piperidine rings is 1. The van der Waals surface area contributed by atoms with Crippen molar-refractivity contribution in [2.45, 2.75) is 24.8 Å². The first-order chi connectivity index (χ1) is 14.2. The quantitative estimate of drug-likeness (QED) is 0.504. The second-order valence-electron chi connectivity index (χ2n) is 8.02. The van der Waals surface area contributed by atoms with Crippen LogP contribution < -0.4 is 10.9 Å². The molecule has 0 saturated carbocycles. The molecule has 1 N–H and O–H groups in total. The van der Waals surface area contributed by atoms with Gasteiger partial charge in [-0.15, -0.1) is 0 Å². The van der Waals surface area contributed by atoms with Gasteiger partial charge in [0.25, 0.3) is 5.56 Å². The Morgan fingerprint density at radius 3 is 2.66 bits per heavy atom. The van der Waals surface area contributed by atoms with Crippen LogP contribution in [0.3, 0.4) is 0 Å². The first-order valence-corrected chi connectivity index (χ1v) is 10.9. The van der Waals surface area contributed by atoms with Gasteiger partial charge in [0.05, 0.1) is 41.2 Å². The summed E-state index contributed by atoms with van der Waals surface area (Å²) >= 11 is 3.54. The summed E-state index contributed by atoms with van der Waals surface area (Å²) in [5.74, 6) is 1.27. The Hall–Kier alpha value is -2.22. The number of benzene rings is 2. The Morgan fingerprint density at radius 1 is 1.07 bits per heavy atom. The third-order valence-electron chi connectivity index (χ3n) is 6.36.